The van der Waals surface area contributed by atoms with Gasteiger partial charge >= 0.3 is 0 Å². The largest absolute Gasteiger partial charge is 0.291 e. The Balaban J connectivity index is 1.48. The van der Waals surface area contributed by atoms with E-state index in [-0.39, 0.29) is 0 Å². The van der Waals surface area contributed by atoms with Gasteiger partial charge in [0.05, 0.1) is 16.7 Å². The van der Waals surface area contributed by atoms with Crippen molar-refractivity contribution < 1.29 is 0 Å². The Hall–Kier alpha value is -5.25. The van der Waals surface area contributed by atoms with E-state index < -0.39 is 0 Å². The van der Waals surface area contributed by atoms with Gasteiger partial charge in [-0.2, -0.15) is 0 Å². The van der Waals surface area contributed by atoms with Gasteiger partial charge in [-0.15, -0.1) is 11.3 Å². The molecule has 0 atom stereocenters. The summed E-state index contributed by atoms with van der Waals surface area (Å²) in [5.74, 6) is 0.955. The molecule has 3 heteroatoms. The second-order valence-corrected chi connectivity index (χ2v) is 11.8. The fraction of sp³-hybridized carbons (Fsp3) is 0.0250. The maximum absolute atomic E-state index is 5.35. The van der Waals surface area contributed by atoms with Crippen molar-refractivity contribution in [2.24, 2.45) is 0 Å². The topological polar surface area (TPSA) is 17.8 Å². The number of benzene rings is 6. The highest BCUT2D eigenvalue weighted by Gasteiger charge is 2.23. The van der Waals surface area contributed by atoms with Crippen molar-refractivity contribution in [3.05, 3.63) is 157 Å². The van der Waals surface area contributed by atoms with E-state index in [1.165, 1.54) is 49.0 Å². The maximum Gasteiger partial charge on any atom is 0.147 e. The SMILES string of the molecule is Cc1cc(-c2ccccc2)c(-n2c(-c3csc4ccc(-c5ccccc5)cc34)nc3ccccc32)c(-c2ccccc2)c1. The van der Waals surface area contributed by atoms with Crippen molar-refractivity contribution in [2.45, 2.75) is 6.92 Å². The monoisotopic (exact) mass is 568 g/mol. The minimum atomic E-state index is 0.955. The average Bonchev–Trinajstić information content (AvgIpc) is 3.66. The summed E-state index contributed by atoms with van der Waals surface area (Å²) in [6, 6.07) is 52.0. The van der Waals surface area contributed by atoms with Gasteiger partial charge in [0, 0.05) is 32.2 Å². The minimum absolute atomic E-state index is 0.955. The number of hydrogen-bond acceptors (Lipinski definition) is 2. The first-order chi connectivity index (χ1) is 21.2. The van der Waals surface area contributed by atoms with E-state index in [0.29, 0.717) is 0 Å². The van der Waals surface area contributed by atoms with Gasteiger partial charge in [-0.3, -0.25) is 4.57 Å². The number of para-hydroxylation sites is 2. The molecule has 0 aliphatic heterocycles. The van der Waals surface area contributed by atoms with Crippen LogP contribution in [0.1, 0.15) is 5.56 Å². The van der Waals surface area contributed by atoms with E-state index in [4.69, 9.17) is 4.98 Å². The van der Waals surface area contributed by atoms with Crippen LogP contribution in [0.5, 0.6) is 0 Å². The summed E-state index contributed by atoms with van der Waals surface area (Å²) in [5.41, 5.74) is 12.8. The average molecular weight is 569 g/mol. The lowest BCUT2D eigenvalue weighted by Crippen LogP contribution is -2.03. The highest BCUT2D eigenvalue weighted by atomic mass is 32.1. The zero-order valence-corrected chi connectivity index (χ0v) is 24.6. The summed E-state index contributed by atoms with van der Waals surface area (Å²) in [6.45, 7) is 2.19. The van der Waals surface area contributed by atoms with E-state index in [1.54, 1.807) is 11.3 Å². The molecule has 0 bridgehead atoms. The lowest BCUT2D eigenvalue weighted by atomic mass is 9.93. The van der Waals surface area contributed by atoms with Crippen LogP contribution in [-0.4, -0.2) is 9.55 Å². The Kier molecular flexibility index (Phi) is 6.24. The third-order valence-electron chi connectivity index (χ3n) is 8.13. The van der Waals surface area contributed by atoms with Gasteiger partial charge in [0.15, 0.2) is 0 Å². The van der Waals surface area contributed by atoms with Crippen LogP contribution in [0, 0.1) is 6.92 Å². The molecule has 0 saturated carbocycles. The number of aryl methyl sites for hydroxylation is 1. The fourth-order valence-corrected chi connectivity index (χ4v) is 7.06. The van der Waals surface area contributed by atoms with Gasteiger partial charge in [-0.25, -0.2) is 4.98 Å². The molecule has 0 aliphatic carbocycles. The molecular formula is C40H28N2S. The van der Waals surface area contributed by atoms with Crippen LogP contribution in [0.4, 0.5) is 0 Å². The van der Waals surface area contributed by atoms with Gasteiger partial charge < -0.3 is 0 Å². The molecule has 2 heterocycles. The zero-order chi connectivity index (χ0) is 28.8. The Morgan fingerprint density at radius 2 is 1.12 bits per heavy atom. The van der Waals surface area contributed by atoms with E-state index in [2.05, 4.69) is 162 Å². The quantitative estimate of drug-likeness (QED) is 0.202. The summed E-state index contributed by atoms with van der Waals surface area (Å²) in [4.78, 5) is 5.35. The molecule has 204 valence electrons. The first-order valence-electron chi connectivity index (χ1n) is 14.5. The molecule has 6 aromatic carbocycles. The Morgan fingerprint density at radius 3 is 1.77 bits per heavy atom. The van der Waals surface area contributed by atoms with Crippen molar-refractivity contribution in [3.8, 4) is 50.5 Å². The molecule has 2 aromatic heterocycles. The lowest BCUT2D eigenvalue weighted by molar-refractivity contribution is 1.11. The number of fused-ring (bicyclic) bond motifs is 2. The normalized spacial score (nSPS) is 11.4. The number of nitrogens with zero attached hydrogens (tertiary/aromatic N) is 2. The third kappa shape index (κ3) is 4.46. The second kappa shape index (κ2) is 10.5. The van der Waals surface area contributed by atoms with Crippen LogP contribution in [0.3, 0.4) is 0 Å². The van der Waals surface area contributed by atoms with Crippen molar-refractivity contribution in [2.75, 3.05) is 0 Å². The molecule has 0 unspecified atom stereocenters. The summed E-state index contributed by atoms with van der Waals surface area (Å²) >= 11 is 1.78. The van der Waals surface area contributed by atoms with Crippen molar-refractivity contribution >= 4 is 32.5 Å². The number of thiophene rings is 1. The lowest BCUT2D eigenvalue weighted by Gasteiger charge is -2.20. The third-order valence-corrected chi connectivity index (χ3v) is 9.09. The molecule has 2 nitrogen and oxygen atoms in total. The van der Waals surface area contributed by atoms with E-state index >= 15 is 0 Å². The fourth-order valence-electron chi connectivity index (χ4n) is 6.14. The summed E-state index contributed by atoms with van der Waals surface area (Å²) in [7, 11) is 0. The molecule has 0 aliphatic rings. The maximum atomic E-state index is 5.35. The van der Waals surface area contributed by atoms with Crippen LogP contribution in [0.2, 0.25) is 0 Å². The predicted octanol–water partition coefficient (Wildman–Crippen LogP) is 11.2. The molecule has 0 fully saturated rings. The molecule has 0 saturated heterocycles. The second-order valence-electron chi connectivity index (χ2n) is 10.9. The molecule has 0 amide bonds. The molecule has 0 N–H and O–H groups in total. The molecule has 8 aromatic rings. The molecule has 0 spiro atoms. The number of aromatic nitrogens is 2. The standard InChI is InChI=1S/C40H28N2S/c1-27-23-32(29-15-7-3-8-16-29)39(33(24-27)30-17-9-4-10-18-30)42-37-20-12-11-19-36(37)41-40(42)35-26-43-38-22-21-31(25-34(35)38)28-13-5-2-6-14-28/h2-26H,1H3. The van der Waals surface area contributed by atoms with E-state index in [9.17, 15) is 0 Å². The highest BCUT2D eigenvalue weighted by molar-refractivity contribution is 7.17. The summed E-state index contributed by atoms with van der Waals surface area (Å²) in [6.07, 6.45) is 0. The van der Waals surface area contributed by atoms with E-state index in [0.717, 1.165) is 28.1 Å². The Bertz CT molecular complexity index is 2170. The molecule has 0 radical (unpaired) electrons. The summed E-state index contributed by atoms with van der Waals surface area (Å²) < 4.78 is 3.65. The van der Waals surface area contributed by atoms with Gasteiger partial charge in [0.25, 0.3) is 0 Å². The minimum Gasteiger partial charge on any atom is -0.291 e. The van der Waals surface area contributed by atoms with E-state index in [1.807, 2.05) is 0 Å². The van der Waals surface area contributed by atoms with Gasteiger partial charge in [-0.1, -0.05) is 109 Å². The molecular weight excluding hydrogens is 541 g/mol. The Morgan fingerprint density at radius 1 is 0.535 bits per heavy atom. The first kappa shape index (κ1) is 25.5. The number of rotatable bonds is 5. The zero-order valence-electron chi connectivity index (χ0n) is 23.7. The molecule has 8 rings (SSSR count). The van der Waals surface area contributed by atoms with Crippen molar-refractivity contribution in [1.29, 1.82) is 0 Å². The predicted molar refractivity (Wildman–Crippen MR) is 183 cm³/mol. The van der Waals surface area contributed by atoms with Gasteiger partial charge in [0.2, 0.25) is 0 Å². The van der Waals surface area contributed by atoms with Crippen LogP contribution in [-0.2, 0) is 0 Å². The number of imidazole rings is 1. The summed E-state index contributed by atoms with van der Waals surface area (Å²) in [5, 5.41) is 3.49. The smallest absolute Gasteiger partial charge is 0.147 e. The van der Waals surface area contributed by atoms with Crippen molar-refractivity contribution in [1.82, 2.24) is 9.55 Å². The van der Waals surface area contributed by atoms with Crippen LogP contribution in [0.15, 0.2) is 151 Å². The van der Waals surface area contributed by atoms with Crippen molar-refractivity contribution in [3.63, 3.8) is 0 Å². The number of hydrogen-bond donors (Lipinski definition) is 0. The van der Waals surface area contributed by atoms with Crippen LogP contribution in [0.25, 0.3) is 71.6 Å². The highest BCUT2D eigenvalue weighted by Crippen LogP contribution is 2.43. The molecule has 43 heavy (non-hydrogen) atoms. The first-order valence-corrected chi connectivity index (χ1v) is 15.4. The van der Waals surface area contributed by atoms with Gasteiger partial charge in [-0.05, 0) is 71.1 Å². The Labute approximate surface area is 255 Å². The van der Waals surface area contributed by atoms with Crippen LogP contribution < -0.4 is 0 Å². The van der Waals surface area contributed by atoms with Crippen LogP contribution >= 0.6 is 11.3 Å². The van der Waals surface area contributed by atoms with Gasteiger partial charge in [0.1, 0.15) is 5.82 Å².